The highest BCUT2D eigenvalue weighted by molar-refractivity contribution is 5.72. The molecule has 2 aliphatic rings. The lowest BCUT2D eigenvalue weighted by Crippen LogP contribution is -2.40. The summed E-state index contributed by atoms with van der Waals surface area (Å²) < 4.78 is 10.8. The first-order valence-electron chi connectivity index (χ1n) is 5.93. The molecule has 0 aromatic heterocycles. The van der Waals surface area contributed by atoms with Gasteiger partial charge in [0, 0.05) is 12.5 Å². The maximum Gasteiger partial charge on any atom is 0.335 e. The van der Waals surface area contributed by atoms with Crippen LogP contribution in [-0.4, -0.2) is 54.6 Å². The summed E-state index contributed by atoms with van der Waals surface area (Å²) in [6.45, 7) is 5.43. The van der Waals surface area contributed by atoms with Gasteiger partial charge in [-0.1, -0.05) is 6.92 Å². The Balaban J connectivity index is 1.86. The van der Waals surface area contributed by atoms with E-state index in [0.717, 1.165) is 32.5 Å². The maximum atomic E-state index is 10.7. The van der Waals surface area contributed by atoms with Crippen molar-refractivity contribution in [3.63, 3.8) is 0 Å². The third-order valence-electron chi connectivity index (χ3n) is 3.36. The lowest BCUT2D eigenvalue weighted by atomic mass is 9.97. The number of likely N-dealkylation sites (tertiary alicyclic amines) is 1. The van der Waals surface area contributed by atoms with E-state index < -0.39 is 12.1 Å². The first-order valence-corrected chi connectivity index (χ1v) is 5.93. The Morgan fingerprint density at radius 1 is 1.56 bits per heavy atom. The predicted molar refractivity (Wildman–Crippen MR) is 57.1 cm³/mol. The van der Waals surface area contributed by atoms with Crippen LogP contribution in [0.4, 0.5) is 0 Å². The minimum Gasteiger partial charge on any atom is -0.479 e. The standard InChI is InChI=1S/C11H19NO4/c1-2-12-5-3-4-8(6-12)11-15-7-9(16-11)10(13)14/h8-9,11H,2-7H2,1H3,(H,13,14). The molecule has 5 heteroatoms. The third kappa shape index (κ3) is 2.53. The third-order valence-corrected chi connectivity index (χ3v) is 3.36. The summed E-state index contributed by atoms with van der Waals surface area (Å²) in [6.07, 6.45) is 1.10. The second-order valence-electron chi connectivity index (χ2n) is 4.46. The lowest BCUT2D eigenvalue weighted by molar-refractivity contribution is -0.155. The predicted octanol–water partition coefficient (Wildman–Crippen LogP) is 0.544. The van der Waals surface area contributed by atoms with Crippen LogP contribution in [0, 0.1) is 5.92 Å². The van der Waals surface area contributed by atoms with Gasteiger partial charge < -0.3 is 19.5 Å². The van der Waals surface area contributed by atoms with E-state index in [1.807, 2.05) is 0 Å². The molecule has 0 aliphatic carbocycles. The summed E-state index contributed by atoms with van der Waals surface area (Å²) in [5.74, 6) is -0.608. The van der Waals surface area contributed by atoms with Crippen molar-refractivity contribution in [2.24, 2.45) is 5.92 Å². The molecule has 2 rings (SSSR count). The number of hydrogen-bond donors (Lipinski definition) is 1. The highest BCUT2D eigenvalue weighted by Gasteiger charge is 2.37. The van der Waals surface area contributed by atoms with E-state index in [9.17, 15) is 4.79 Å². The van der Waals surface area contributed by atoms with Gasteiger partial charge in [0.05, 0.1) is 6.61 Å². The van der Waals surface area contributed by atoms with Crippen molar-refractivity contribution >= 4 is 5.97 Å². The van der Waals surface area contributed by atoms with Gasteiger partial charge in [0.1, 0.15) is 0 Å². The van der Waals surface area contributed by atoms with Gasteiger partial charge in [-0.15, -0.1) is 0 Å². The van der Waals surface area contributed by atoms with Crippen molar-refractivity contribution in [2.45, 2.75) is 32.2 Å². The van der Waals surface area contributed by atoms with E-state index in [1.54, 1.807) is 0 Å². The fourth-order valence-electron chi connectivity index (χ4n) is 2.40. The molecule has 2 saturated heterocycles. The molecule has 0 aromatic rings. The van der Waals surface area contributed by atoms with Gasteiger partial charge in [0.2, 0.25) is 0 Å². The molecule has 2 aliphatic heterocycles. The number of aliphatic carboxylic acids is 1. The molecule has 2 fully saturated rings. The number of carboxylic acid groups (broad SMARTS) is 1. The molecule has 0 amide bonds. The molecule has 3 unspecified atom stereocenters. The molecule has 3 atom stereocenters. The first-order chi connectivity index (χ1) is 7.70. The molecular weight excluding hydrogens is 210 g/mol. The Morgan fingerprint density at radius 3 is 3.00 bits per heavy atom. The molecule has 0 radical (unpaired) electrons. The molecule has 5 nitrogen and oxygen atoms in total. The van der Waals surface area contributed by atoms with Crippen molar-refractivity contribution in [2.75, 3.05) is 26.2 Å². The number of piperidine rings is 1. The molecular formula is C11H19NO4. The van der Waals surface area contributed by atoms with E-state index in [0.29, 0.717) is 5.92 Å². The minimum atomic E-state index is -0.925. The minimum absolute atomic E-state index is 0.183. The summed E-state index contributed by atoms with van der Waals surface area (Å²) >= 11 is 0. The molecule has 16 heavy (non-hydrogen) atoms. The van der Waals surface area contributed by atoms with Gasteiger partial charge in [-0.25, -0.2) is 4.79 Å². The van der Waals surface area contributed by atoms with Crippen LogP contribution in [0.2, 0.25) is 0 Å². The van der Waals surface area contributed by atoms with E-state index in [4.69, 9.17) is 14.6 Å². The van der Waals surface area contributed by atoms with Gasteiger partial charge >= 0.3 is 5.97 Å². The Kier molecular flexibility index (Phi) is 3.78. The van der Waals surface area contributed by atoms with E-state index in [2.05, 4.69) is 11.8 Å². The average molecular weight is 229 g/mol. The van der Waals surface area contributed by atoms with Crippen LogP contribution in [0.1, 0.15) is 19.8 Å². The van der Waals surface area contributed by atoms with Gasteiger partial charge in [0.25, 0.3) is 0 Å². The number of rotatable bonds is 3. The van der Waals surface area contributed by atoms with Crippen LogP contribution in [-0.2, 0) is 14.3 Å². The fraction of sp³-hybridized carbons (Fsp3) is 0.909. The molecule has 0 spiro atoms. The number of hydrogen-bond acceptors (Lipinski definition) is 4. The monoisotopic (exact) mass is 229 g/mol. The molecule has 0 saturated carbocycles. The normalized spacial score (nSPS) is 36.4. The molecule has 2 heterocycles. The lowest BCUT2D eigenvalue weighted by Gasteiger charge is -2.33. The number of ether oxygens (including phenoxy) is 2. The van der Waals surface area contributed by atoms with Crippen LogP contribution in [0.25, 0.3) is 0 Å². The van der Waals surface area contributed by atoms with Gasteiger partial charge in [0.15, 0.2) is 12.4 Å². The SMILES string of the molecule is CCN1CCCC(C2OCC(C(=O)O)O2)C1. The summed E-state index contributed by atoms with van der Waals surface area (Å²) in [4.78, 5) is 13.1. The zero-order chi connectivity index (χ0) is 11.5. The van der Waals surface area contributed by atoms with Crippen LogP contribution in [0.3, 0.4) is 0 Å². The van der Waals surface area contributed by atoms with Crippen LogP contribution in [0.5, 0.6) is 0 Å². The average Bonchev–Trinajstić information content (AvgIpc) is 2.78. The second kappa shape index (κ2) is 5.12. The fourth-order valence-corrected chi connectivity index (χ4v) is 2.40. The van der Waals surface area contributed by atoms with Crippen molar-refractivity contribution in [3.8, 4) is 0 Å². The zero-order valence-corrected chi connectivity index (χ0v) is 9.59. The van der Waals surface area contributed by atoms with Crippen LogP contribution >= 0.6 is 0 Å². The van der Waals surface area contributed by atoms with Crippen molar-refractivity contribution in [3.05, 3.63) is 0 Å². The maximum absolute atomic E-state index is 10.7. The highest BCUT2D eigenvalue weighted by Crippen LogP contribution is 2.26. The highest BCUT2D eigenvalue weighted by atomic mass is 16.7. The van der Waals surface area contributed by atoms with Crippen molar-refractivity contribution in [1.29, 1.82) is 0 Å². The summed E-state index contributed by atoms with van der Waals surface area (Å²) in [5, 5.41) is 8.81. The van der Waals surface area contributed by atoms with Crippen molar-refractivity contribution in [1.82, 2.24) is 4.90 Å². The van der Waals surface area contributed by atoms with E-state index in [1.165, 1.54) is 0 Å². The Morgan fingerprint density at radius 2 is 2.38 bits per heavy atom. The quantitative estimate of drug-likeness (QED) is 0.765. The molecule has 0 aromatic carbocycles. The summed E-state index contributed by atoms with van der Waals surface area (Å²) in [5.41, 5.74) is 0. The number of nitrogens with zero attached hydrogens (tertiary/aromatic N) is 1. The van der Waals surface area contributed by atoms with Gasteiger partial charge in [-0.3, -0.25) is 0 Å². The largest absolute Gasteiger partial charge is 0.479 e. The summed E-state index contributed by atoms with van der Waals surface area (Å²) in [6, 6.07) is 0. The smallest absolute Gasteiger partial charge is 0.335 e. The first kappa shape index (κ1) is 11.8. The second-order valence-corrected chi connectivity index (χ2v) is 4.46. The Bertz CT molecular complexity index is 258. The molecule has 0 bridgehead atoms. The van der Waals surface area contributed by atoms with Crippen LogP contribution in [0.15, 0.2) is 0 Å². The van der Waals surface area contributed by atoms with Crippen molar-refractivity contribution < 1.29 is 19.4 Å². The van der Waals surface area contributed by atoms with Gasteiger partial charge in [-0.05, 0) is 25.9 Å². The van der Waals surface area contributed by atoms with Crippen LogP contribution < -0.4 is 0 Å². The summed E-state index contributed by atoms with van der Waals surface area (Å²) in [7, 11) is 0. The number of carboxylic acids is 1. The van der Waals surface area contributed by atoms with E-state index in [-0.39, 0.29) is 12.9 Å². The van der Waals surface area contributed by atoms with E-state index >= 15 is 0 Å². The van der Waals surface area contributed by atoms with Gasteiger partial charge in [-0.2, -0.15) is 0 Å². The molecule has 1 N–H and O–H groups in total. The Hall–Kier alpha value is -0.650. The Labute approximate surface area is 95.3 Å². The topological polar surface area (TPSA) is 59.0 Å². The molecule has 92 valence electrons. The number of carbonyl (C=O) groups is 1. The zero-order valence-electron chi connectivity index (χ0n) is 9.59.